The fraction of sp³-hybridized carbons (Fsp3) is 0.600. The molecule has 3 heteroatoms. The van der Waals surface area contributed by atoms with Crippen LogP contribution in [-0.4, -0.2) is 40.9 Å². The van der Waals surface area contributed by atoms with Crippen molar-refractivity contribution in [3.05, 3.63) is 35.9 Å². The monoisotopic (exact) mass is 249 g/mol. The predicted octanol–water partition coefficient (Wildman–Crippen LogP) is 1.96. The van der Waals surface area contributed by atoms with Crippen LogP contribution in [0.4, 0.5) is 0 Å². The molecule has 18 heavy (non-hydrogen) atoms. The van der Waals surface area contributed by atoms with E-state index in [4.69, 9.17) is 0 Å². The highest BCUT2D eigenvalue weighted by Gasteiger charge is 2.22. The standard InChI is InChI=1S/C15H23NO2/c17-12-14-9-5-2-6-10-16(14)11-15(18)13-7-3-1-4-8-13/h1,3-4,7-8,14-15,17-18H,2,5-6,9-12H2. The molecule has 1 aromatic rings. The number of β-amino-alcohol motifs (C(OH)–C–C–N with tert-alkyl or cyclic N) is 1. The SMILES string of the molecule is OCC1CCCCCN1CC(O)c1ccccc1. The molecule has 2 atom stereocenters. The second-order valence-electron chi connectivity index (χ2n) is 5.11. The van der Waals surface area contributed by atoms with Gasteiger partial charge < -0.3 is 10.2 Å². The Hall–Kier alpha value is -0.900. The van der Waals surface area contributed by atoms with E-state index >= 15 is 0 Å². The van der Waals surface area contributed by atoms with E-state index in [9.17, 15) is 10.2 Å². The van der Waals surface area contributed by atoms with Crippen molar-refractivity contribution in [2.24, 2.45) is 0 Å². The fourth-order valence-corrected chi connectivity index (χ4v) is 2.69. The Bertz CT molecular complexity index is 342. The highest BCUT2D eigenvalue weighted by Crippen LogP contribution is 2.20. The summed E-state index contributed by atoms with van der Waals surface area (Å²) in [6, 6.07) is 9.98. The Morgan fingerprint density at radius 3 is 2.67 bits per heavy atom. The van der Waals surface area contributed by atoms with Crippen LogP contribution in [0.3, 0.4) is 0 Å². The van der Waals surface area contributed by atoms with Gasteiger partial charge >= 0.3 is 0 Å². The summed E-state index contributed by atoms with van der Waals surface area (Å²) >= 11 is 0. The van der Waals surface area contributed by atoms with Crippen molar-refractivity contribution in [1.82, 2.24) is 4.90 Å². The number of aliphatic hydroxyl groups is 2. The van der Waals surface area contributed by atoms with Gasteiger partial charge in [-0.1, -0.05) is 43.2 Å². The van der Waals surface area contributed by atoms with Gasteiger partial charge in [0.2, 0.25) is 0 Å². The van der Waals surface area contributed by atoms with Crippen molar-refractivity contribution in [3.63, 3.8) is 0 Å². The molecule has 100 valence electrons. The van der Waals surface area contributed by atoms with E-state index in [-0.39, 0.29) is 12.6 Å². The van der Waals surface area contributed by atoms with Crippen molar-refractivity contribution < 1.29 is 10.2 Å². The van der Waals surface area contributed by atoms with Gasteiger partial charge in [-0.2, -0.15) is 0 Å². The summed E-state index contributed by atoms with van der Waals surface area (Å²) in [5, 5.41) is 19.7. The average molecular weight is 249 g/mol. The Labute approximate surface area is 109 Å². The summed E-state index contributed by atoms with van der Waals surface area (Å²) in [6.07, 6.45) is 4.16. The van der Waals surface area contributed by atoms with E-state index in [2.05, 4.69) is 4.90 Å². The summed E-state index contributed by atoms with van der Waals surface area (Å²) in [7, 11) is 0. The van der Waals surface area contributed by atoms with E-state index in [0.717, 1.165) is 24.9 Å². The first-order chi connectivity index (χ1) is 8.81. The quantitative estimate of drug-likeness (QED) is 0.857. The second-order valence-corrected chi connectivity index (χ2v) is 5.11. The maximum Gasteiger partial charge on any atom is 0.0917 e. The maximum absolute atomic E-state index is 10.3. The molecular weight excluding hydrogens is 226 g/mol. The molecule has 2 rings (SSSR count). The van der Waals surface area contributed by atoms with E-state index in [1.165, 1.54) is 12.8 Å². The molecule has 0 bridgehead atoms. The molecule has 0 aromatic heterocycles. The van der Waals surface area contributed by atoms with Crippen LogP contribution in [0, 0.1) is 0 Å². The van der Waals surface area contributed by atoms with Gasteiger partial charge in [-0.05, 0) is 24.9 Å². The largest absolute Gasteiger partial charge is 0.395 e. The third-order valence-corrected chi connectivity index (χ3v) is 3.80. The first-order valence-corrected chi connectivity index (χ1v) is 6.89. The molecule has 0 aliphatic carbocycles. The molecule has 1 heterocycles. The van der Waals surface area contributed by atoms with Crippen LogP contribution in [0.25, 0.3) is 0 Å². The molecule has 2 N–H and O–H groups in total. The van der Waals surface area contributed by atoms with Crippen molar-refractivity contribution >= 4 is 0 Å². The molecule has 0 amide bonds. The van der Waals surface area contributed by atoms with Crippen LogP contribution in [0.15, 0.2) is 30.3 Å². The molecule has 0 spiro atoms. The number of hydrogen-bond donors (Lipinski definition) is 2. The minimum Gasteiger partial charge on any atom is -0.395 e. The smallest absolute Gasteiger partial charge is 0.0917 e. The van der Waals surface area contributed by atoms with E-state index in [1.807, 2.05) is 30.3 Å². The Kier molecular flexibility index (Phi) is 5.17. The first kappa shape index (κ1) is 13.5. The Morgan fingerprint density at radius 1 is 1.17 bits per heavy atom. The van der Waals surface area contributed by atoms with Crippen LogP contribution in [0.1, 0.15) is 37.4 Å². The van der Waals surface area contributed by atoms with Gasteiger partial charge in [0, 0.05) is 12.6 Å². The molecule has 1 aliphatic heterocycles. The minimum atomic E-state index is -0.460. The van der Waals surface area contributed by atoms with Gasteiger partial charge in [0.25, 0.3) is 0 Å². The lowest BCUT2D eigenvalue weighted by molar-refractivity contribution is 0.0636. The van der Waals surface area contributed by atoms with Crippen molar-refractivity contribution in [2.75, 3.05) is 19.7 Å². The van der Waals surface area contributed by atoms with E-state index in [1.54, 1.807) is 0 Å². The third-order valence-electron chi connectivity index (χ3n) is 3.80. The van der Waals surface area contributed by atoms with Crippen molar-refractivity contribution in [1.29, 1.82) is 0 Å². The average Bonchev–Trinajstić information content (AvgIpc) is 2.64. The van der Waals surface area contributed by atoms with Crippen LogP contribution in [0.2, 0.25) is 0 Å². The molecular formula is C15H23NO2. The van der Waals surface area contributed by atoms with Gasteiger partial charge in [-0.15, -0.1) is 0 Å². The summed E-state index contributed by atoms with van der Waals surface area (Å²) in [6.45, 7) is 1.80. The van der Waals surface area contributed by atoms with Crippen LogP contribution in [-0.2, 0) is 0 Å². The number of benzene rings is 1. The normalized spacial score (nSPS) is 23.6. The highest BCUT2D eigenvalue weighted by molar-refractivity contribution is 5.17. The lowest BCUT2D eigenvalue weighted by Gasteiger charge is -2.30. The third kappa shape index (κ3) is 3.55. The van der Waals surface area contributed by atoms with Gasteiger partial charge in [0.15, 0.2) is 0 Å². The van der Waals surface area contributed by atoms with Crippen LogP contribution in [0.5, 0.6) is 0 Å². The summed E-state index contributed by atoms with van der Waals surface area (Å²) in [5.41, 5.74) is 0.957. The summed E-state index contributed by atoms with van der Waals surface area (Å²) < 4.78 is 0. The van der Waals surface area contributed by atoms with Crippen molar-refractivity contribution in [3.8, 4) is 0 Å². The molecule has 1 saturated heterocycles. The fourth-order valence-electron chi connectivity index (χ4n) is 2.69. The Morgan fingerprint density at radius 2 is 1.94 bits per heavy atom. The zero-order chi connectivity index (χ0) is 12.8. The van der Waals surface area contributed by atoms with Gasteiger partial charge in [0.1, 0.15) is 0 Å². The number of rotatable bonds is 4. The van der Waals surface area contributed by atoms with E-state index < -0.39 is 6.10 Å². The lowest BCUT2D eigenvalue weighted by Crippen LogP contribution is -2.40. The van der Waals surface area contributed by atoms with Crippen molar-refractivity contribution in [2.45, 2.75) is 37.8 Å². The van der Waals surface area contributed by atoms with Gasteiger partial charge in [0.05, 0.1) is 12.7 Å². The molecule has 1 fully saturated rings. The van der Waals surface area contributed by atoms with Crippen LogP contribution < -0.4 is 0 Å². The first-order valence-electron chi connectivity index (χ1n) is 6.89. The number of likely N-dealkylation sites (tertiary alicyclic amines) is 1. The summed E-state index contributed by atoms with van der Waals surface area (Å²) in [4.78, 5) is 2.24. The molecule has 0 saturated carbocycles. The lowest BCUT2D eigenvalue weighted by atomic mass is 10.1. The maximum atomic E-state index is 10.3. The topological polar surface area (TPSA) is 43.7 Å². The van der Waals surface area contributed by atoms with Gasteiger partial charge in [-0.25, -0.2) is 0 Å². The molecule has 3 nitrogen and oxygen atoms in total. The van der Waals surface area contributed by atoms with E-state index in [0.29, 0.717) is 6.54 Å². The molecule has 2 unspecified atom stereocenters. The number of nitrogens with zero attached hydrogens (tertiary/aromatic N) is 1. The number of aliphatic hydroxyl groups excluding tert-OH is 2. The molecule has 1 aromatic carbocycles. The van der Waals surface area contributed by atoms with Gasteiger partial charge in [-0.3, -0.25) is 4.90 Å². The second kappa shape index (κ2) is 6.88. The summed E-state index contributed by atoms with van der Waals surface area (Å²) in [5.74, 6) is 0. The highest BCUT2D eigenvalue weighted by atomic mass is 16.3. The zero-order valence-electron chi connectivity index (χ0n) is 10.8. The molecule has 0 radical (unpaired) electrons. The predicted molar refractivity (Wildman–Crippen MR) is 72.3 cm³/mol. The minimum absolute atomic E-state index is 0.196. The zero-order valence-corrected chi connectivity index (χ0v) is 10.8. The molecule has 1 aliphatic rings. The Balaban J connectivity index is 1.98. The van der Waals surface area contributed by atoms with Crippen LogP contribution >= 0.6 is 0 Å². The number of hydrogen-bond acceptors (Lipinski definition) is 3.